The van der Waals surface area contributed by atoms with Gasteiger partial charge in [0.1, 0.15) is 6.04 Å². The van der Waals surface area contributed by atoms with Crippen LogP contribution in [0.1, 0.15) is 25.7 Å². The molecular weight excluding hydrogens is 194 g/mol. The van der Waals surface area contributed by atoms with E-state index in [0.29, 0.717) is 19.5 Å². The van der Waals surface area contributed by atoms with Crippen molar-refractivity contribution in [3.63, 3.8) is 0 Å². The summed E-state index contributed by atoms with van der Waals surface area (Å²) in [6.07, 6.45) is 3.26. The Morgan fingerprint density at radius 1 is 1.40 bits per heavy atom. The van der Waals surface area contributed by atoms with Gasteiger partial charge in [-0.3, -0.25) is 9.59 Å². The smallest absolute Gasteiger partial charge is 0.240 e. The Morgan fingerprint density at radius 3 is 2.53 bits per heavy atom. The van der Waals surface area contributed by atoms with Gasteiger partial charge < -0.3 is 16.4 Å². The van der Waals surface area contributed by atoms with E-state index < -0.39 is 11.9 Å². The van der Waals surface area contributed by atoms with E-state index in [0.717, 1.165) is 19.3 Å². The summed E-state index contributed by atoms with van der Waals surface area (Å²) >= 11 is 0. The molecule has 0 radical (unpaired) electrons. The van der Waals surface area contributed by atoms with E-state index in [4.69, 9.17) is 11.5 Å². The summed E-state index contributed by atoms with van der Waals surface area (Å²) in [5.74, 6) is -0.361. The van der Waals surface area contributed by atoms with Crippen molar-refractivity contribution in [2.45, 2.75) is 31.7 Å². The van der Waals surface area contributed by atoms with Gasteiger partial charge in [-0.1, -0.05) is 0 Å². The van der Waals surface area contributed by atoms with Gasteiger partial charge in [-0.05, 0) is 25.7 Å². The Morgan fingerprint density at radius 2 is 2.07 bits per heavy atom. The van der Waals surface area contributed by atoms with Crippen LogP contribution in [-0.4, -0.2) is 35.8 Å². The van der Waals surface area contributed by atoms with Crippen molar-refractivity contribution in [3.8, 4) is 0 Å². The average Bonchev–Trinajstić information content (AvgIpc) is 2.86. The van der Waals surface area contributed by atoms with Gasteiger partial charge in [0.2, 0.25) is 11.8 Å². The zero-order valence-corrected chi connectivity index (χ0v) is 8.74. The van der Waals surface area contributed by atoms with Crippen molar-refractivity contribution in [2.24, 2.45) is 16.9 Å². The van der Waals surface area contributed by atoms with Crippen molar-refractivity contribution in [2.75, 3.05) is 13.1 Å². The van der Waals surface area contributed by atoms with Crippen molar-refractivity contribution >= 4 is 11.8 Å². The van der Waals surface area contributed by atoms with Gasteiger partial charge in [-0.15, -0.1) is 0 Å². The van der Waals surface area contributed by atoms with Crippen molar-refractivity contribution in [1.29, 1.82) is 0 Å². The predicted octanol–water partition coefficient (Wildman–Crippen LogP) is -0.798. The number of likely N-dealkylation sites (tertiary alicyclic amines) is 1. The SMILES string of the molecule is NCC1(C(=O)N2CCCC2C(N)=O)CC1. The van der Waals surface area contributed by atoms with E-state index in [1.807, 2.05) is 0 Å². The Hall–Kier alpha value is -1.10. The molecule has 1 heterocycles. The Bertz CT molecular complexity index is 299. The van der Waals surface area contributed by atoms with Gasteiger partial charge in [0.15, 0.2) is 0 Å². The van der Waals surface area contributed by atoms with Gasteiger partial charge >= 0.3 is 0 Å². The topological polar surface area (TPSA) is 89.4 Å². The molecule has 1 saturated carbocycles. The molecular formula is C10H17N3O2. The average molecular weight is 211 g/mol. The molecule has 2 rings (SSSR count). The van der Waals surface area contributed by atoms with Crippen LogP contribution in [0.4, 0.5) is 0 Å². The van der Waals surface area contributed by atoms with Gasteiger partial charge in [0, 0.05) is 13.1 Å². The number of hydrogen-bond donors (Lipinski definition) is 2. The number of hydrogen-bond acceptors (Lipinski definition) is 3. The summed E-state index contributed by atoms with van der Waals surface area (Å²) in [5, 5.41) is 0. The molecule has 1 aliphatic carbocycles. The number of primary amides is 1. The van der Waals surface area contributed by atoms with Crippen LogP contribution in [0.2, 0.25) is 0 Å². The summed E-state index contributed by atoms with van der Waals surface area (Å²) in [4.78, 5) is 24.9. The number of nitrogens with two attached hydrogens (primary N) is 2. The molecule has 2 aliphatic rings. The van der Waals surface area contributed by atoms with Gasteiger partial charge in [-0.25, -0.2) is 0 Å². The lowest BCUT2D eigenvalue weighted by molar-refractivity contribution is -0.141. The first-order chi connectivity index (χ1) is 7.10. The number of nitrogens with zero attached hydrogens (tertiary/aromatic N) is 1. The van der Waals surface area contributed by atoms with Crippen LogP contribution in [0.15, 0.2) is 0 Å². The van der Waals surface area contributed by atoms with E-state index in [1.54, 1.807) is 4.90 Å². The number of carbonyl (C=O) groups is 2. The molecule has 0 spiro atoms. The molecule has 2 fully saturated rings. The minimum Gasteiger partial charge on any atom is -0.368 e. The third-order valence-corrected chi connectivity index (χ3v) is 3.54. The van der Waals surface area contributed by atoms with Crippen LogP contribution in [0.25, 0.3) is 0 Å². The quantitative estimate of drug-likeness (QED) is 0.640. The molecule has 4 N–H and O–H groups in total. The molecule has 5 nitrogen and oxygen atoms in total. The lowest BCUT2D eigenvalue weighted by Crippen LogP contribution is -2.48. The highest BCUT2D eigenvalue weighted by molar-refractivity contribution is 5.91. The molecule has 0 bridgehead atoms. The summed E-state index contributed by atoms with van der Waals surface area (Å²) < 4.78 is 0. The third kappa shape index (κ3) is 1.61. The van der Waals surface area contributed by atoms with Crippen molar-refractivity contribution < 1.29 is 9.59 Å². The van der Waals surface area contributed by atoms with Gasteiger partial charge in [-0.2, -0.15) is 0 Å². The predicted molar refractivity (Wildman–Crippen MR) is 54.7 cm³/mol. The fourth-order valence-corrected chi connectivity index (χ4v) is 2.27. The van der Waals surface area contributed by atoms with Crippen molar-refractivity contribution in [3.05, 3.63) is 0 Å². The van der Waals surface area contributed by atoms with Crippen molar-refractivity contribution in [1.82, 2.24) is 4.90 Å². The fraction of sp³-hybridized carbons (Fsp3) is 0.800. The second-order valence-corrected chi connectivity index (χ2v) is 4.54. The minimum atomic E-state index is -0.401. The second-order valence-electron chi connectivity index (χ2n) is 4.54. The lowest BCUT2D eigenvalue weighted by atomic mass is 10.1. The first-order valence-electron chi connectivity index (χ1n) is 5.41. The minimum absolute atomic E-state index is 0.0336. The molecule has 0 aromatic rings. The highest BCUT2D eigenvalue weighted by atomic mass is 16.2. The monoisotopic (exact) mass is 211 g/mol. The van der Waals surface area contributed by atoms with Crippen LogP contribution in [0, 0.1) is 5.41 Å². The van der Waals surface area contributed by atoms with Crippen LogP contribution in [-0.2, 0) is 9.59 Å². The molecule has 2 amide bonds. The summed E-state index contributed by atoms with van der Waals surface area (Å²) in [7, 11) is 0. The number of carbonyl (C=O) groups excluding carboxylic acids is 2. The van der Waals surface area contributed by atoms with E-state index in [2.05, 4.69) is 0 Å². The van der Waals surface area contributed by atoms with E-state index >= 15 is 0 Å². The maximum absolute atomic E-state index is 12.1. The molecule has 0 aromatic carbocycles. The fourth-order valence-electron chi connectivity index (χ4n) is 2.27. The molecule has 1 atom stereocenters. The molecule has 5 heteroatoms. The first kappa shape index (κ1) is 10.4. The molecule has 1 aliphatic heterocycles. The van der Waals surface area contributed by atoms with E-state index in [1.165, 1.54) is 0 Å². The van der Waals surface area contributed by atoms with Crippen LogP contribution < -0.4 is 11.5 Å². The summed E-state index contributed by atoms with van der Waals surface area (Å²) in [6, 6.07) is -0.401. The summed E-state index contributed by atoms with van der Waals surface area (Å²) in [6.45, 7) is 1.03. The third-order valence-electron chi connectivity index (χ3n) is 3.54. The van der Waals surface area contributed by atoms with Crippen LogP contribution in [0.3, 0.4) is 0 Å². The molecule has 15 heavy (non-hydrogen) atoms. The molecule has 1 saturated heterocycles. The Labute approximate surface area is 88.8 Å². The number of rotatable bonds is 3. The largest absolute Gasteiger partial charge is 0.368 e. The van der Waals surface area contributed by atoms with Gasteiger partial charge in [0.25, 0.3) is 0 Å². The van der Waals surface area contributed by atoms with E-state index in [9.17, 15) is 9.59 Å². The highest BCUT2D eigenvalue weighted by Gasteiger charge is 2.52. The molecule has 84 valence electrons. The van der Waals surface area contributed by atoms with Gasteiger partial charge in [0.05, 0.1) is 5.41 Å². The maximum Gasteiger partial charge on any atom is 0.240 e. The lowest BCUT2D eigenvalue weighted by Gasteiger charge is -2.26. The van der Waals surface area contributed by atoms with Crippen LogP contribution in [0.5, 0.6) is 0 Å². The van der Waals surface area contributed by atoms with E-state index in [-0.39, 0.29) is 11.3 Å². The Balaban J connectivity index is 2.10. The maximum atomic E-state index is 12.1. The first-order valence-corrected chi connectivity index (χ1v) is 5.41. The number of amides is 2. The van der Waals surface area contributed by atoms with Crippen LogP contribution >= 0.6 is 0 Å². The highest BCUT2D eigenvalue weighted by Crippen LogP contribution is 2.47. The second kappa shape index (κ2) is 3.48. The zero-order valence-electron chi connectivity index (χ0n) is 8.74. The summed E-state index contributed by atoms with van der Waals surface area (Å²) in [5.41, 5.74) is 10.5. The normalized spacial score (nSPS) is 27.8. The molecule has 0 aromatic heterocycles. The Kier molecular flexibility index (Phi) is 2.42. The molecule has 1 unspecified atom stereocenters. The standard InChI is InChI=1S/C10H17N3O2/c11-6-10(3-4-10)9(15)13-5-1-2-7(13)8(12)14/h7H,1-6,11H2,(H2,12,14). The zero-order chi connectivity index (χ0) is 11.1.